The van der Waals surface area contributed by atoms with Crippen LogP contribution in [0.2, 0.25) is 0 Å². The fraction of sp³-hybridized carbons (Fsp3) is 0.765. The van der Waals surface area contributed by atoms with Crippen LogP contribution in [0.4, 0.5) is 0 Å². The van der Waals surface area contributed by atoms with Crippen molar-refractivity contribution in [3.63, 3.8) is 0 Å². The van der Waals surface area contributed by atoms with E-state index in [9.17, 15) is 0 Å². The number of aryl methyl sites for hydroxylation is 1. The van der Waals surface area contributed by atoms with Gasteiger partial charge in [0.25, 0.3) is 0 Å². The average molecular weight is 275 g/mol. The lowest BCUT2D eigenvalue weighted by Gasteiger charge is -2.63. The van der Waals surface area contributed by atoms with E-state index in [0.717, 1.165) is 11.8 Å². The highest BCUT2D eigenvalue weighted by Crippen LogP contribution is 2.68. The van der Waals surface area contributed by atoms with Crippen LogP contribution in [0.1, 0.15) is 61.9 Å². The van der Waals surface area contributed by atoms with E-state index in [1.165, 1.54) is 49.0 Å². The van der Waals surface area contributed by atoms with Gasteiger partial charge in [0.05, 0.1) is 0 Å². The van der Waals surface area contributed by atoms with Crippen LogP contribution >= 0.6 is 11.3 Å². The van der Waals surface area contributed by atoms with Crippen molar-refractivity contribution in [2.24, 2.45) is 28.4 Å². The second kappa shape index (κ2) is 3.85. The quantitative estimate of drug-likeness (QED) is 0.834. The number of hydrogen-bond acceptors (Lipinski definition) is 2. The molecule has 3 unspecified atom stereocenters. The number of rotatable bonds is 2. The summed E-state index contributed by atoms with van der Waals surface area (Å²) in [6.45, 7) is 4.77. The first kappa shape index (κ1) is 12.4. The van der Waals surface area contributed by atoms with E-state index < -0.39 is 0 Å². The second-order valence-corrected chi connectivity index (χ2v) is 9.03. The van der Waals surface area contributed by atoms with Crippen molar-refractivity contribution in [2.75, 3.05) is 0 Å². The van der Waals surface area contributed by atoms with Gasteiger partial charge in [-0.3, -0.25) is 0 Å². The van der Waals surface area contributed by atoms with Gasteiger partial charge in [-0.25, -0.2) is 0 Å². The molecule has 4 bridgehead atoms. The summed E-state index contributed by atoms with van der Waals surface area (Å²) in [7, 11) is 0. The first-order chi connectivity index (χ1) is 9.00. The molecule has 0 saturated heterocycles. The van der Waals surface area contributed by atoms with Gasteiger partial charge in [0.2, 0.25) is 0 Å². The third-order valence-electron chi connectivity index (χ3n) is 6.24. The summed E-state index contributed by atoms with van der Waals surface area (Å²) >= 11 is 1.88. The maximum Gasteiger partial charge on any atom is 0.0450 e. The highest BCUT2D eigenvalue weighted by Gasteiger charge is 2.58. The Morgan fingerprint density at radius 1 is 1.26 bits per heavy atom. The van der Waals surface area contributed by atoms with Gasteiger partial charge in [-0.15, -0.1) is 11.3 Å². The molecule has 0 aromatic carbocycles. The van der Waals surface area contributed by atoms with Crippen LogP contribution in [0.25, 0.3) is 0 Å². The molecule has 5 rings (SSSR count). The molecule has 0 amide bonds. The van der Waals surface area contributed by atoms with Crippen molar-refractivity contribution in [3.05, 3.63) is 21.9 Å². The van der Waals surface area contributed by atoms with Gasteiger partial charge in [0.15, 0.2) is 0 Å². The Kier molecular flexibility index (Phi) is 2.52. The molecule has 1 aromatic rings. The molecule has 1 heterocycles. The third-order valence-corrected chi connectivity index (χ3v) is 7.34. The predicted molar refractivity (Wildman–Crippen MR) is 81.2 cm³/mol. The van der Waals surface area contributed by atoms with Crippen molar-refractivity contribution in [1.82, 2.24) is 0 Å². The lowest BCUT2D eigenvalue weighted by molar-refractivity contribution is -0.113. The minimum atomic E-state index is 0.290. The smallest absolute Gasteiger partial charge is 0.0450 e. The summed E-state index contributed by atoms with van der Waals surface area (Å²) < 4.78 is 0. The largest absolute Gasteiger partial charge is 0.323 e. The van der Waals surface area contributed by atoms with E-state index >= 15 is 0 Å². The van der Waals surface area contributed by atoms with Crippen LogP contribution in [0, 0.1) is 29.6 Å². The molecule has 4 fully saturated rings. The molecule has 4 aliphatic rings. The lowest BCUT2D eigenvalue weighted by Crippen LogP contribution is -2.54. The van der Waals surface area contributed by atoms with Crippen LogP contribution in [-0.4, -0.2) is 0 Å². The molecule has 2 N–H and O–H groups in total. The summed E-state index contributed by atoms with van der Waals surface area (Å²) in [6, 6.07) is 2.53. The van der Waals surface area contributed by atoms with Gasteiger partial charge in [0, 0.05) is 10.9 Å². The van der Waals surface area contributed by atoms with Crippen molar-refractivity contribution >= 4 is 11.3 Å². The van der Waals surface area contributed by atoms with Crippen LogP contribution in [0.5, 0.6) is 0 Å². The molecule has 1 aromatic heterocycles. The van der Waals surface area contributed by atoms with Gasteiger partial charge >= 0.3 is 0 Å². The zero-order valence-electron chi connectivity index (χ0n) is 12.1. The van der Waals surface area contributed by atoms with Crippen LogP contribution in [0.15, 0.2) is 11.4 Å². The molecule has 0 radical (unpaired) electrons. The fourth-order valence-corrected chi connectivity index (χ4v) is 7.21. The van der Waals surface area contributed by atoms with Crippen molar-refractivity contribution in [2.45, 2.75) is 58.4 Å². The minimum absolute atomic E-state index is 0.290. The van der Waals surface area contributed by atoms with E-state index in [2.05, 4.69) is 25.3 Å². The Balaban J connectivity index is 1.72. The normalized spacial score (nSPS) is 45.6. The van der Waals surface area contributed by atoms with Crippen molar-refractivity contribution in [3.8, 4) is 0 Å². The zero-order valence-corrected chi connectivity index (χ0v) is 12.9. The topological polar surface area (TPSA) is 26.0 Å². The molecule has 2 heteroatoms. The molecular formula is C17H25NS. The standard InChI is InChI=1S/C17H25NS/c1-11-3-4-19-14(11)15(18)17-8-12-5-13(9-17)7-16(2,6-12)10-17/h3-4,12-13,15H,5-10,18H2,1-2H3. The van der Waals surface area contributed by atoms with Crippen LogP contribution in [0.3, 0.4) is 0 Å². The number of thiophene rings is 1. The fourth-order valence-electron chi connectivity index (χ4n) is 6.14. The van der Waals surface area contributed by atoms with E-state index in [1.54, 1.807) is 0 Å². The highest BCUT2D eigenvalue weighted by atomic mass is 32.1. The van der Waals surface area contributed by atoms with Gasteiger partial charge in [0.1, 0.15) is 0 Å². The maximum absolute atomic E-state index is 6.81. The van der Waals surface area contributed by atoms with Gasteiger partial charge in [-0.05, 0) is 85.1 Å². The molecule has 4 aliphatic carbocycles. The first-order valence-electron chi connectivity index (χ1n) is 7.79. The summed E-state index contributed by atoms with van der Waals surface area (Å²) in [6.07, 6.45) is 8.62. The predicted octanol–water partition coefficient (Wildman–Crippen LogP) is 4.66. The van der Waals surface area contributed by atoms with Crippen LogP contribution in [-0.2, 0) is 0 Å². The van der Waals surface area contributed by atoms with Gasteiger partial charge in [-0.2, -0.15) is 0 Å². The molecule has 0 spiro atoms. The molecular weight excluding hydrogens is 250 g/mol. The first-order valence-corrected chi connectivity index (χ1v) is 8.67. The van der Waals surface area contributed by atoms with Gasteiger partial charge < -0.3 is 5.73 Å². The summed E-state index contributed by atoms with van der Waals surface area (Å²) in [5.41, 5.74) is 9.25. The summed E-state index contributed by atoms with van der Waals surface area (Å²) in [5.74, 6) is 1.94. The molecule has 19 heavy (non-hydrogen) atoms. The Labute approximate surface area is 120 Å². The Morgan fingerprint density at radius 3 is 2.47 bits per heavy atom. The monoisotopic (exact) mass is 275 g/mol. The molecule has 0 aliphatic heterocycles. The number of hydrogen-bond donors (Lipinski definition) is 1. The van der Waals surface area contributed by atoms with E-state index in [-0.39, 0.29) is 6.04 Å². The SMILES string of the molecule is Cc1ccsc1C(N)C12CC3CC(CC(C)(C3)C1)C2. The molecule has 3 atom stereocenters. The summed E-state index contributed by atoms with van der Waals surface area (Å²) in [4.78, 5) is 1.46. The Morgan fingerprint density at radius 2 is 1.95 bits per heavy atom. The minimum Gasteiger partial charge on any atom is -0.323 e. The second-order valence-electron chi connectivity index (χ2n) is 8.08. The van der Waals surface area contributed by atoms with Gasteiger partial charge in [-0.1, -0.05) is 6.92 Å². The van der Waals surface area contributed by atoms with E-state index in [1.807, 2.05) is 11.3 Å². The van der Waals surface area contributed by atoms with Crippen molar-refractivity contribution < 1.29 is 0 Å². The number of nitrogens with two attached hydrogens (primary N) is 1. The molecule has 1 nitrogen and oxygen atoms in total. The zero-order chi connectivity index (χ0) is 13.3. The van der Waals surface area contributed by atoms with E-state index in [0.29, 0.717) is 10.8 Å². The van der Waals surface area contributed by atoms with Crippen molar-refractivity contribution in [1.29, 1.82) is 0 Å². The Hall–Kier alpha value is -0.340. The molecule has 4 saturated carbocycles. The lowest BCUT2D eigenvalue weighted by atomic mass is 9.43. The maximum atomic E-state index is 6.81. The molecule has 104 valence electrons. The Bertz CT molecular complexity index is 489. The third kappa shape index (κ3) is 1.76. The summed E-state index contributed by atoms with van der Waals surface area (Å²) in [5, 5.41) is 2.22. The van der Waals surface area contributed by atoms with Crippen LogP contribution < -0.4 is 5.73 Å². The van der Waals surface area contributed by atoms with E-state index in [4.69, 9.17) is 5.73 Å². The highest BCUT2D eigenvalue weighted by molar-refractivity contribution is 7.10. The average Bonchev–Trinajstić information content (AvgIpc) is 2.71.